The lowest BCUT2D eigenvalue weighted by Gasteiger charge is -2.25. The summed E-state index contributed by atoms with van der Waals surface area (Å²) in [6.45, 7) is 4.81. The molecular formula is C12H18ClFN2O. The Balaban J connectivity index is 2.73. The minimum absolute atomic E-state index is 0.0432. The number of aliphatic hydroxyl groups is 1. The van der Waals surface area contributed by atoms with Gasteiger partial charge in [-0.25, -0.2) is 4.39 Å². The Morgan fingerprint density at radius 1 is 1.47 bits per heavy atom. The molecule has 0 aliphatic heterocycles. The van der Waals surface area contributed by atoms with Crippen molar-refractivity contribution >= 4 is 23.0 Å². The Morgan fingerprint density at radius 2 is 2.12 bits per heavy atom. The second-order valence-electron chi connectivity index (χ2n) is 4.84. The normalized spacial score (nSPS) is 11.6. The maximum Gasteiger partial charge on any atom is 0.143 e. The molecule has 96 valence electrons. The summed E-state index contributed by atoms with van der Waals surface area (Å²) in [4.78, 5) is 0. The van der Waals surface area contributed by atoms with Crippen molar-refractivity contribution in [1.82, 2.24) is 0 Å². The van der Waals surface area contributed by atoms with Crippen molar-refractivity contribution in [2.24, 2.45) is 5.41 Å². The highest BCUT2D eigenvalue weighted by molar-refractivity contribution is 6.31. The van der Waals surface area contributed by atoms with Gasteiger partial charge in [0.25, 0.3) is 0 Å². The molecule has 0 aliphatic rings. The van der Waals surface area contributed by atoms with E-state index in [1.165, 1.54) is 12.1 Å². The number of nitrogens with one attached hydrogen (secondary N) is 1. The number of rotatable bonds is 5. The van der Waals surface area contributed by atoms with Gasteiger partial charge in [-0.2, -0.15) is 0 Å². The molecule has 0 fully saturated rings. The van der Waals surface area contributed by atoms with Crippen LogP contribution in [0.25, 0.3) is 0 Å². The molecule has 0 heterocycles. The van der Waals surface area contributed by atoms with Crippen LogP contribution in [0.15, 0.2) is 12.1 Å². The van der Waals surface area contributed by atoms with E-state index >= 15 is 0 Å². The van der Waals surface area contributed by atoms with Gasteiger partial charge in [-0.15, -0.1) is 0 Å². The Hall–Kier alpha value is -1.00. The number of aliphatic hydroxyl groups excluding tert-OH is 1. The summed E-state index contributed by atoms with van der Waals surface area (Å²) in [6.07, 6.45) is 0.675. The average molecular weight is 261 g/mol. The lowest BCUT2D eigenvalue weighted by molar-refractivity contribution is 0.220. The number of benzene rings is 1. The average Bonchev–Trinajstić information content (AvgIpc) is 2.21. The lowest BCUT2D eigenvalue weighted by atomic mass is 9.89. The van der Waals surface area contributed by atoms with Crippen LogP contribution in [0.3, 0.4) is 0 Å². The molecule has 0 aliphatic carbocycles. The van der Waals surface area contributed by atoms with Gasteiger partial charge in [0, 0.05) is 19.2 Å². The van der Waals surface area contributed by atoms with E-state index < -0.39 is 5.82 Å². The lowest BCUT2D eigenvalue weighted by Crippen LogP contribution is -2.24. The highest BCUT2D eigenvalue weighted by Gasteiger charge is 2.17. The molecule has 0 aromatic heterocycles. The van der Waals surface area contributed by atoms with Crippen LogP contribution in [0, 0.1) is 11.2 Å². The highest BCUT2D eigenvalue weighted by atomic mass is 35.5. The maximum atomic E-state index is 13.1. The van der Waals surface area contributed by atoms with Gasteiger partial charge in [-0.05, 0) is 17.9 Å². The molecule has 4 N–H and O–H groups in total. The molecule has 0 bridgehead atoms. The van der Waals surface area contributed by atoms with Gasteiger partial charge in [0.05, 0.1) is 16.4 Å². The first-order valence-corrected chi connectivity index (χ1v) is 5.83. The van der Waals surface area contributed by atoms with Crippen LogP contribution >= 0.6 is 11.6 Å². The highest BCUT2D eigenvalue weighted by Crippen LogP contribution is 2.28. The SMILES string of the molecule is CC(C)(CCO)CNc1cc(Cl)c(F)cc1N. The third-order valence-corrected chi connectivity index (χ3v) is 2.93. The van der Waals surface area contributed by atoms with Gasteiger partial charge in [-0.3, -0.25) is 0 Å². The number of anilines is 2. The zero-order valence-electron chi connectivity index (χ0n) is 10.1. The van der Waals surface area contributed by atoms with Gasteiger partial charge < -0.3 is 16.2 Å². The summed E-state index contributed by atoms with van der Waals surface area (Å²) >= 11 is 5.69. The molecular weight excluding hydrogens is 243 g/mol. The zero-order valence-corrected chi connectivity index (χ0v) is 10.8. The summed E-state index contributed by atoms with van der Waals surface area (Å²) in [6, 6.07) is 2.67. The largest absolute Gasteiger partial charge is 0.397 e. The standard InChI is InChI=1S/C12H18ClFN2O/c1-12(2,3-4-17)7-16-11-5-8(13)9(14)6-10(11)15/h5-6,16-17H,3-4,7,15H2,1-2H3. The fourth-order valence-electron chi connectivity index (χ4n) is 1.44. The van der Waals surface area contributed by atoms with Crippen molar-refractivity contribution in [2.45, 2.75) is 20.3 Å². The molecule has 17 heavy (non-hydrogen) atoms. The summed E-state index contributed by atoms with van der Waals surface area (Å²) in [5.41, 5.74) is 6.55. The van der Waals surface area contributed by atoms with Crippen molar-refractivity contribution in [3.63, 3.8) is 0 Å². The van der Waals surface area contributed by atoms with Crippen LogP contribution in [0.4, 0.5) is 15.8 Å². The molecule has 1 aromatic carbocycles. The van der Waals surface area contributed by atoms with E-state index in [9.17, 15) is 4.39 Å². The number of hydrogen-bond acceptors (Lipinski definition) is 3. The number of nitrogen functional groups attached to an aromatic ring is 1. The first-order chi connectivity index (χ1) is 7.85. The molecule has 1 aromatic rings. The van der Waals surface area contributed by atoms with Crippen molar-refractivity contribution in [3.8, 4) is 0 Å². The maximum absolute atomic E-state index is 13.1. The Morgan fingerprint density at radius 3 is 2.71 bits per heavy atom. The van der Waals surface area contributed by atoms with E-state index in [4.69, 9.17) is 22.4 Å². The smallest absolute Gasteiger partial charge is 0.143 e. The predicted octanol–water partition coefficient (Wildman–Crippen LogP) is 2.88. The van der Waals surface area contributed by atoms with Crippen molar-refractivity contribution in [2.75, 3.05) is 24.2 Å². The van der Waals surface area contributed by atoms with Gasteiger partial charge in [0.1, 0.15) is 5.82 Å². The number of hydrogen-bond donors (Lipinski definition) is 3. The third-order valence-electron chi connectivity index (χ3n) is 2.64. The molecule has 3 nitrogen and oxygen atoms in total. The monoisotopic (exact) mass is 260 g/mol. The van der Waals surface area contributed by atoms with Gasteiger partial charge in [0.2, 0.25) is 0 Å². The number of nitrogens with two attached hydrogens (primary N) is 1. The van der Waals surface area contributed by atoms with E-state index in [0.29, 0.717) is 24.3 Å². The molecule has 0 saturated carbocycles. The molecule has 0 spiro atoms. The van der Waals surface area contributed by atoms with Gasteiger partial charge in [-0.1, -0.05) is 25.4 Å². The first-order valence-electron chi connectivity index (χ1n) is 5.45. The quantitative estimate of drug-likeness (QED) is 0.714. The minimum Gasteiger partial charge on any atom is -0.397 e. The Labute approximate surface area is 106 Å². The van der Waals surface area contributed by atoms with Crippen LogP contribution < -0.4 is 11.1 Å². The van der Waals surface area contributed by atoms with Gasteiger partial charge in [0.15, 0.2) is 0 Å². The van der Waals surface area contributed by atoms with Crippen LogP contribution in [-0.4, -0.2) is 18.3 Å². The minimum atomic E-state index is -0.524. The first kappa shape index (κ1) is 14.1. The van der Waals surface area contributed by atoms with Crippen molar-refractivity contribution in [3.05, 3.63) is 23.0 Å². The molecule has 0 amide bonds. The fourth-order valence-corrected chi connectivity index (χ4v) is 1.60. The summed E-state index contributed by atoms with van der Waals surface area (Å²) in [7, 11) is 0. The molecule has 0 unspecified atom stereocenters. The van der Waals surface area contributed by atoms with E-state index in [0.717, 1.165) is 0 Å². The molecule has 1 rings (SSSR count). The second kappa shape index (κ2) is 5.56. The topological polar surface area (TPSA) is 58.3 Å². The summed E-state index contributed by atoms with van der Waals surface area (Å²) in [5.74, 6) is -0.524. The van der Waals surface area contributed by atoms with Crippen LogP contribution in [0.5, 0.6) is 0 Å². The van der Waals surface area contributed by atoms with Crippen LogP contribution in [0.2, 0.25) is 5.02 Å². The Kier molecular flexibility index (Phi) is 4.60. The molecule has 0 atom stereocenters. The summed E-state index contributed by atoms with van der Waals surface area (Å²) < 4.78 is 13.1. The van der Waals surface area contributed by atoms with Crippen LogP contribution in [0.1, 0.15) is 20.3 Å². The van der Waals surface area contributed by atoms with E-state index in [1.54, 1.807) is 0 Å². The predicted molar refractivity (Wildman–Crippen MR) is 69.8 cm³/mol. The van der Waals surface area contributed by atoms with Crippen molar-refractivity contribution in [1.29, 1.82) is 0 Å². The van der Waals surface area contributed by atoms with Crippen LogP contribution in [-0.2, 0) is 0 Å². The molecule has 5 heteroatoms. The molecule has 0 saturated heterocycles. The summed E-state index contributed by atoms with van der Waals surface area (Å²) in [5, 5.41) is 12.1. The second-order valence-corrected chi connectivity index (χ2v) is 5.25. The van der Waals surface area contributed by atoms with Crippen molar-refractivity contribution < 1.29 is 9.50 Å². The number of halogens is 2. The van der Waals surface area contributed by atoms with E-state index in [-0.39, 0.29) is 17.0 Å². The zero-order chi connectivity index (χ0) is 13.1. The van der Waals surface area contributed by atoms with E-state index in [2.05, 4.69) is 5.32 Å². The van der Waals surface area contributed by atoms with E-state index in [1.807, 2.05) is 13.8 Å². The Bertz CT molecular complexity index is 396. The van der Waals surface area contributed by atoms with Gasteiger partial charge >= 0.3 is 0 Å². The molecule has 0 radical (unpaired) electrons. The fraction of sp³-hybridized carbons (Fsp3) is 0.500. The third kappa shape index (κ3) is 4.06.